The molecule has 3 nitrogen and oxygen atoms in total. The van der Waals surface area contributed by atoms with E-state index >= 15 is 0 Å². The normalized spacial score (nSPS) is 16.6. The fourth-order valence-electron chi connectivity index (χ4n) is 3.39. The summed E-state index contributed by atoms with van der Waals surface area (Å²) >= 11 is 3.29. The first-order chi connectivity index (χ1) is 11.8. The summed E-state index contributed by atoms with van der Waals surface area (Å²) in [6, 6.07) is 5.76. The van der Waals surface area contributed by atoms with Crippen molar-refractivity contribution >= 4 is 34.0 Å². The minimum atomic E-state index is -0.617. The second-order valence-corrected chi connectivity index (χ2v) is 7.85. The number of hydrogen-bond donors (Lipinski definition) is 1. The van der Waals surface area contributed by atoms with Crippen LogP contribution in [0.1, 0.15) is 42.3 Å². The van der Waals surface area contributed by atoms with Crippen LogP contribution in [-0.2, 0) is 6.61 Å². The highest BCUT2D eigenvalue weighted by Gasteiger charge is 2.31. The van der Waals surface area contributed by atoms with Gasteiger partial charge in [-0.3, -0.25) is 4.79 Å². The maximum atomic E-state index is 14.6. The van der Waals surface area contributed by atoms with Crippen LogP contribution in [0.4, 0.5) is 10.1 Å². The number of rotatable bonds is 1. The predicted octanol–water partition coefficient (Wildman–Crippen LogP) is 5.57. The Morgan fingerprint density at radius 1 is 1.32 bits per heavy atom. The summed E-state index contributed by atoms with van der Waals surface area (Å²) < 4.78 is 20.8. The smallest absolute Gasteiger partial charge is 0.177 e. The average molecular weight is 402 g/mol. The molecule has 0 spiro atoms. The maximum absolute atomic E-state index is 14.6. The van der Waals surface area contributed by atoms with E-state index in [0.29, 0.717) is 16.3 Å². The molecule has 0 saturated carbocycles. The van der Waals surface area contributed by atoms with Crippen LogP contribution >= 0.6 is 15.9 Å². The number of ether oxygens (including phenoxy) is 1. The molecule has 2 aliphatic heterocycles. The fraction of sp³-hybridized carbons (Fsp3) is 0.250. The zero-order valence-electron chi connectivity index (χ0n) is 14.2. The molecule has 128 valence electrons. The summed E-state index contributed by atoms with van der Waals surface area (Å²) in [5.74, 6) is -0.476. The van der Waals surface area contributed by atoms with Crippen LogP contribution in [0, 0.1) is 5.82 Å². The van der Waals surface area contributed by atoms with Crippen LogP contribution in [0.2, 0.25) is 0 Å². The van der Waals surface area contributed by atoms with Crippen LogP contribution in [0.25, 0.3) is 17.2 Å². The van der Waals surface area contributed by atoms with E-state index in [2.05, 4.69) is 48.1 Å². The third-order valence-corrected chi connectivity index (χ3v) is 5.78. The van der Waals surface area contributed by atoms with Crippen molar-refractivity contribution in [1.29, 1.82) is 0 Å². The lowest BCUT2D eigenvalue weighted by molar-refractivity contribution is 0.111. The van der Waals surface area contributed by atoms with E-state index in [1.807, 2.05) is 12.1 Å². The molecule has 2 aliphatic rings. The number of hydrogen-bond acceptors (Lipinski definition) is 3. The van der Waals surface area contributed by atoms with Gasteiger partial charge in [0.1, 0.15) is 6.61 Å². The van der Waals surface area contributed by atoms with Crippen LogP contribution in [0.15, 0.2) is 28.2 Å². The number of carbonyl (C=O) groups is 1. The van der Waals surface area contributed by atoms with Crippen LogP contribution in [0.3, 0.4) is 0 Å². The van der Waals surface area contributed by atoms with E-state index in [9.17, 15) is 9.18 Å². The quantitative estimate of drug-likeness (QED) is 0.634. The van der Waals surface area contributed by atoms with E-state index in [4.69, 9.17) is 4.74 Å². The number of benzene rings is 2. The van der Waals surface area contributed by atoms with Crippen molar-refractivity contribution in [2.24, 2.45) is 0 Å². The zero-order chi connectivity index (χ0) is 17.9. The minimum Gasteiger partial charge on any atom is -0.485 e. The molecule has 0 saturated heterocycles. The highest BCUT2D eigenvalue weighted by molar-refractivity contribution is 9.10. The maximum Gasteiger partial charge on any atom is 0.177 e. The second-order valence-electron chi connectivity index (χ2n) is 7.00. The third kappa shape index (κ3) is 2.33. The van der Waals surface area contributed by atoms with Gasteiger partial charge in [-0.05, 0) is 60.0 Å². The Morgan fingerprint density at radius 2 is 2.08 bits per heavy atom. The first kappa shape index (κ1) is 16.3. The van der Waals surface area contributed by atoms with Crippen molar-refractivity contribution in [3.8, 4) is 16.9 Å². The molecule has 2 heterocycles. The number of aldehydes is 1. The predicted molar refractivity (Wildman–Crippen MR) is 101 cm³/mol. The van der Waals surface area contributed by atoms with Gasteiger partial charge in [0.2, 0.25) is 0 Å². The van der Waals surface area contributed by atoms with Gasteiger partial charge in [0.25, 0.3) is 0 Å². The van der Waals surface area contributed by atoms with Crippen molar-refractivity contribution in [3.63, 3.8) is 0 Å². The highest BCUT2D eigenvalue weighted by Crippen LogP contribution is 2.46. The largest absolute Gasteiger partial charge is 0.485 e. The fourth-order valence-corrected chi connectivity index (χ4v) is 3.88. The lowest BCUT2D eigenvalue weighted by atomic mass is 9.84. The minimum absolute atomic E-state index is 0.0145. The monoisotopic (exact) mass is 401 g/mol. The van der Waals surface area contributed by atoms with Gasteiger partial charge in [0, 0.05) is 26.9 Å². The number of nitrogens with one attached hydrogen (secondary N) is 1. The van der Waals surface area contributed by atoms with Gasteiger partial charge in [-0.25, -0.2) is 4.39 Å². The second kappa shape index (κ2) is 5.43. The SMILES string of the molecule is CC1=Cc2c(ccc3c2COc2c-3cc(Br)c(C=O)c2F)NC1(C)C. The molecule has 0 bridgehead atoms. The Kier molecular flexibility index (Phi) is 3.55. The van der Waals surface area contributed by atoms with Crippen molar-refractivity contribution in [3.05, 3.63) is 50.8 Å². The van der Waals surface area contributed by atoms with E-state index in [-0.39, 0.29) is 23.5 Å². The summed E-state index contributed by atoms with van der Waals surface area (Å²) in [4.78, 5) is 11.1. The molecule has 0 aliphatic carbocycles. The lowest BCUT2D eigenvalue weighted by Crippen LogP contribution is -2.35. The first-order valence-electron chi connectivity index (χ1n) is 8.06. The van der Waals surface area contributed by atoms with Gasteiger partial charge < -0.3 is 10.1 Å². The summed E-state index contributed by atoms with van der Waals surface area (Å²) in [5.41, 5.74) is 5.85. The molecule has 0 amide bonds. The van der Waals surface area contributed by atoms with Gasteiger partial charge in [0.15, 0.2) is 17.9 Å². The Bertz CT molecular complexity index is 963. The van der Waals surface area contributed by atoms with Gasteiger partial charge in [-0.1, -0.05) is 12.1 Å². The molecule has 0 aromatic heterocycles. The van der Waals surface area contributed by atoms with E-state index in [1.165, 1.54) is 5.57 Å². The lowest BCUT2D eigenvalue weighted by Gasteiger charge is -2.35. The molecule has 2 aromatic carbocycles. The summed E-state index contributed by atoms with van der Waals surface area (Å²) in [5, 5.41) is 3.55. The average Bonchev–Trinajstić information content (AvgIpc) is 2.55. The van der Waals surface area contributed by atoms with Gasteiger partial charge in [-0.2, -0.15) is 0 Å². The van der Waals surface area contributed by atoms with Crippen molar-refractivity contribution in [1.82, 2.24) is 0 Å². The molecule has 25 heavy (non-hydrogen) atoms. The van der Waals surface area contributed by atoms with Crippen LogP contribution < -0.4 is 10.1 Å². The Hall–Kier alpha value is -2.14. The van der Waals surface area contributed by atoms with E-state index in [0.717, 1.165) is 22.4 Å². The molecule has 4 rings (SSSR count). The van der Waals surface area contributed by atoms with Crippen LogP contribution in [-0.4, -0.2) is 11.8 Å². The van der Waals surface area contributed by atoms with Gasteiger partial charge >= 0.3 is 0 Å². The third-order valence-electron chi connectivity index (χ3n) is 5.13. The van der Waals surface area contributed by atoms with Crippen molar-refractivity contribution in [2.75, 3.05) is 5.32 Å². The molecular formula is C20H17BrFNO2. The van der Waals surface area contributed by atoms with Crippen molar-refractivity contribution in [2.45, 2.75) is 32.9 Å². The van der Waals surface area contributed by atoms with Gasteiger partial charge in [-0.15, -0.1) is 0 Å². The molecule has 0 radical (unpaired) electrons. The standard InChI is InChI=1S/C20H17BrFNO2/c1-10-6-12-15-9-25-19-13(7-16(21)14(8-24)18(19)22)11(15)4-5-17(12)23-20(10,2)3/h4-8,23H,9H2,1-3H3. The molecular weight excluding hydrogens is 385 g/mol. The zero-order valence-corrected chi connectivity index (χ0v) is 15.8. The Morgan fingerprint density at radius 3 is 2.80 bits per heavy atom. The molecule has 0 atom stereocenters. The number of carbonyl (C=O) groups excluding carboxylic acids is 1. The molecule has 1 N–H and O–H groups in total. The number of fused-ring (bicyclic) bond motifs is 5. The molecule has 0 unspecified atom stereocenters. The topological polar surface area (TPSA) is 38.3 Å². The Labute approximate surface area is 154 Å². The number of anilines is 1. The number of halogens is 2. The summed E-state index contributed by atoms with van der Waals surface area (Å²) in [7, 11) is 0. The Balaban J connectivity index is 1.96. The van der Waals surface area contributed by atoms with Gasteiger partial charge in [0.05, 0.1) is 11.1 Å². The first-order valence-corrected chi connectivity index (χ1v) is 8.86. The van der Waals surface area contributed by atoms with E-state index < -0.39 is 5.82 Å². The molecule has 0 fully saturated rings. The molecule has 5 heteroatoms. The molecule has 2 aromatic rings. The summed E-state index contributed by atoms with van der Waals surface area (Å²) in [6.07, 6.45) is 2.67. The summed E-state index contributed by atoms with van der Waals surface area (Å²) in [6.45, 7) is 6.65. The van der Waals surface area contributed by atoms with Crippen LogP contribution in [0.5, 0.6) is 5.75 Å². The van der Waals surface area contributed by atoms with E-state index in [1.54, 1.807) is 6.07 Å². The highest BCUT2D eigenvalue weighted by atomic mass is 79.9. The van der Waals surface area contributed by atoms with Crippen molar-refractivity contribution < 1.29 is 13.9 Å².